The van der Waals surface area contributed by atoms with Gasteiger partial charge in [-0.15, -0.1) is 11.3 Å². The fourth-order valence-corrected chi connectivity index (χ4v) is 4.21. The topological polar surface area (TPSA) is 90.3 Å². The number of thiophene rings is 1. The lowest BCUT2D eigenvalue weighted by Crippen LogP contribution is -2.28. The van der Waals surface area contributed by atoms with E-state index in [1.165, 1.54) is 22.1 Å². The summed E-state index contributed by atoms with van der Waals surface area (Å²) in [6.45, 7) is 1.85. The van der Waals surface area contributed by atoms with Crippen LogP contribution in [-0.2, 0) is 16.1 Å². The molecule has 1 saturated carbocycles. The highest BCUT2D eigenvalue weighted by atomic mass is 32.1. The summed E-state index contributed by atoms with van der Waals surface area (Å²) in [4.78, 5) is 41.4. The zero-order valence-corrected chi connectivity index (χ0v) is 16.1. The van der Waals surface area contributed by atoms with Gasteiger partial charge in [-0.05, 0) is 48.8 Å². The van der Waals surface area contributed by atoms with E-state index in [1.54, 1.807) is 25.1 Å². The first-order chi connectivity index (χ1) is 13.6. The van der Waals surface area contributed by atoms with Crippen LogP contribution < -0.4 is 10.9 Å². The smallest absolute Gasteiger partial charge is 0.341 e. The number of nitrogens with one attached hydrogen (secondary N) is 1. The minimum Gasteiger partial charge on any atom is -0.462 e. The number of aromatic nitrogens is 2. The number of carbonyl (C=O) groups excluding carboxylic acids is 2. The number of hydrogen-bond donors (Lipinski definition) is 1. The lowest BCUT2D eigenvalue weighted by molar-refractivity contribution is -0.116. The summed E-state index contributed by atoms with van der Waals surface area (Å²) in [7, 11) is 0. The van der Waals surface area contributed by atoms with Gasteiger partial charge in [-0.1, -0.05) is 12.1 Å². The fraction of sp³-hybridized carbons (Fsp3) is 0.300. The van der Waals surface area contributed by atoms with Crippen LogP contribution in [0.5, 0.6) is 0 Å². The zero-order chi connectivity index (χ0) is 19.7. The molecule has 3 aromatic rings. The molecule has 0 spiro atoms. The molecule has 2 heterocycles. The Bertz CT molecular complexity index is 1110. The van der Waals surface area contributed by atoms with E-state index >= 15 is 0 Å². The van der Waals surface area contributed by atoms with Crippen molar-refractivity contribution in [1.82, 2.24) is 9.55 Å². The summed E-state index contributed by atoms with van der Waals surface area (Å²) in [6.07, 6.45) is 3.28. The molecule has 144 valence electrons. The van der Waals surface area contributed by atoms with E-state index in [0.29, 0.717) is 27.5 Å². The number of hydrogen-bond acceptors (Lipinski definition) is 6. The maximum atomic E-state index is 12.7. The highest BCUT2D eigenvalue weighted by Gasteiger charge is 2.32. The standard InChI is InChI=1S/C20H19N3O4S/c1-2-27-20(26)18-13(12-7-8-12)11-28-19(18)22-16(24)10-23-15-6-4-3-5-14(15)21-9-17(23)25/h3-6,9,11-12H,2,7-8,10H2,1H3,(H,22,24). The minimum atomic E-state index is -0.424. The van der Waals surface area contributed by atoms with Crippen molar-refractivity contribution in [3.8, 4) is 0 Å². The van der Waals surface area contributed by atoms with Crippen LogP contribution in [0.1, 0.15) is 41.6 Å². The number of benzene rings is 1. The molecule has 1 fully saturated rings. The van der Waals surface area contributed by atoms with Gasteiger partial charge in [0, 0.05) is 0 Å². The third kappa shape index (κ3) is 3.55. The highest BCUT2D eigenvalue weighted by Crippen LogP contribution is 2.46. The minimum absolute atomic E-state index is 0.166. The summed E-state index contributed by atoms with van der Waals surface area (Å²) in [5.74, 6) is -0.450. The molecule has 28 heavy (non-hydrogen) atoms. The summed E-state index contributed by atoms with van der Waals surface area (Å²) in [5.41, 5.74) is 2.24. The number of para-hydroxylation sites is 2. The van der Waals surface area contributed by atoms with E-state index in [1.807, 2.05) is 11.4 Å². The number of rotatable bonds is 6. The van der Waals surface area contributed by atoms with Crippen LogP contribution in [0, 0.1) is 0 Å². The Labute approximate surface area is 165 Å². The van der Waals surface area contributed by atoms with Gasteiger partial charge in [0.2, 0.25) is 5.91 Å². The normalized spacial score (nSPS) is 13.5. The third-order valence-corrected chi connectivity index (χ3v) is 5.54. The molecule has 1 N–H and O–H groups in total. The molecule has 8 heteroatoms. The molecule has 1 amide bonds. The summed E-state index contributed by atoms with van der Waals surface area (Å²) in [5, 5.41) is 5.17. The van der Waals surface area contributed by atoms with Crippen molar-refractivity contribution in [1.29, 1.82) is 0 Å². The SMILES string of the molecule is CCOC(=O)c1c(C2CC2)csc1NC(=O)Cn1c(=O)cnc2ccccc21. The van der Waals surface area contributed by atoms with Crippen molar-refractivity contribution in [2.75, 3.05) is 11.9 Å². The van der Waals surface area contributed by atoms with Gasteiger partial charge in [0.1, 0.15) is 11.5 Å². The molecule has 2 aromatic heterocycles. The Morgan fingerprint density at radius 3 is 2.86 bits per heavy atom. The fourth-order valence-electron chi connectivity index (χ4n) is 3.16. The third-order valence-electron chi connectivity index (χ3n) is 4.62. The first-order valence-corrected chi connectivity index (χ1v) is 9.99. The van der Waals surface area contributed by atoms with Crippen molar-refractivity contribution in [2.24, 2.45) is 0 Å². The first kappa shape index (κ1) is 18.4. The van der Waals surface area contributed by atoms with Crippen LogP contribution in [0.3, 0.4) is 0 Å². The molecule has 0 bridgehead atoms. The average Bonchev–Trinajstić information content (AvgIpc) is 3.45. The van der Waals surface area contributed by atoms with E-state index < -0.39 is 5.97 Å². The number of ether oxygens (including phenoxy) is 1. The van der Waals surface area contributed by atoms with Crippen molar-refractivity contribution >= 4 is 39.2 Å². The molecule has 1 aliphatic rings. The van der Waals surface area contributed by atoms with Crippen molar-refractivity contribution in [2.45, 2.75) is 32.2 Å². The van der Waals surface area contributed by atoms with Gasteiger partial charge in [-0.2, -0.15) is 0 Å². The maximum Gasteiger partial charge on any atom is 0.341 e. The molecule has 4 rings (SSSR count). The number of carbonyl (C=O) groups is 2. The van der Waals surface area contributed by atoms with Crippen molar-refractivity contribution < 1.29 is 14.3 Å². The van der Waals surface area contributed by atoms with Crippen molar-refractivity contribution in [3.05, 3.63) is 57.3 Å². The number of amides is 1. The Hall–Kier alpha value is -3.00. The summed E-state index contributed by atoms with van der Waals surface area (Å²) < 4.78 is 6.55. The maximum absolute atomic E-state index is 12.7. The lowest BCUT2D eigenvalue weighted by Gasteiger charge is -2.11. The molecule has 1 aliphatic carbocycles. The van der Waals surface area contributed by atoms with E-state index in [-0.39, 0.29) is 24.6 Å². The van der Waals surface area contributed by atoms with Gasteiger partial charge >= 0.3 is 5.97 Å². The second-order valence-corrected chi connectivity index (χ2v) is 7.49. The second-order valence-electron chi connectivity index (χ2n) is 6.61. The Balaban J connectivity index is 1.61. The van der Waals surface area contributed by atoms with Crippen molar-refractivity contribution in [3.63, 3.8) is 0 Å². The van der Waals surface area contributed by atoms with Crippen LogP contribution in [0.2, 0.25) is 0 Å². The Kier molecular flexibility index (Phi) is 4.95. The molecule has 0 unspecified atom stereocenters. The largest absolute Gasteiger partial charge is 0.462 e. The van der Waals surface area contributed by atoms with Gasteiger partial charge in [0.25, 0.3) is 5.56 Å². The van der Waals surface area contributed by atoms with Gasteiger partial charge in [0.05, 0.1) is 29.4 Å². The van der Waals surface area contributed by atoms with E-state index in [2.05, 4.69) is 10.3 Å². The van der Waals surface area contributed by atoms with Crippen LogP contribution >= 0.6 is 11.3 Å². The van der Waals surface area contributed by atoms with Crippen LogP contribution in [0.4, 0.5) is 5.00 Å². The van der Waals surface area contributed by atoms with Crippen LogP contribution in [0.25, 0.3) is 11.0 Å². The average molecular weight is 397 g/mol. The predicted octanol–water partition coefficient (Wildman–Crippen LogP) is 3.15. The van der Waals surface area contributed by atoms with E-state index in [0.717, 1.165) is 18.4 Å². The van der Waals surface area contributed by atoms with Gasteiger partial charge in [0.15, 0.2) is 0 Å². The monoisotopic (exact) mass is 397 g/mol. The second kappa shape index (κ2) is 7.55. The molecule has 1 aromatic carbocycles. The molecule has 0 radical (unpaired) electrons. The highest BCUT2D eigenvalue weighted by molar-refractivity contribution is 7.15. The first-order valence-electron chi connectivity index (χ1n) is 9.11. The Morgan fingerprint density at radius 1 is 1.32 bits per heavy atom. The van der Waals surface area contributed by atoms with Gasteiger partial charge in [-0.3, -0.25) is 14.2 Å². The number of anilines is 1. The zero-order valence-electron chi connectivity index (χ0n) is 15.3. The molecule has 0 atom stereocenters. The predicted molar refractivity (Wildman–Crippen MR) is 107 cm³/mol. The molecule has 0 saturated heterocycles. The molecule has 0 aliphatic heterocycles. The van der Waals surface area contributed by atoms with E-state index in [9.17, 15) is 14.4 Å². The van der Waals surface area contributed by atoms with Crippen LogP contribution in [0.15, 0.2) is 40.6 Å². The van der Waals surface area contributed by atoms with Gasteiger partial charge in [-0.25, -0.2) is 9.78 Å². The molecular formula is C20H19N3O4S. The Morgan fingerprint density at radius 2 is 2.11 bits per heavy atom. The summed E-state index contributed by atoms with van der Waals surface area (Å²) in [6, 6.07) is 7.14. The lowest BCUT2D eigenvalue weighted by atomic mass is 10.1. The quantitative estimate of drug-likeness (QED) is 0.645. The number of nitrogens with zero attached hydrogens (tertiary/aromatic N) is 2. The molecular weight excluding hydrogens is 378 g/mol. The summed E-state index contributed by atoms with van der Waals surface area (Å²) >= 11 is 1.31. The van der Waals surface area contributed by atoms with E-state index in [4.69, 9.17) is 4.74 Å². The number of fused-ring (bicyclic) bond motifs is 1. The number of esters is 1. The van der Waals surface area contributed by atoms with Crippen LogP contribution in [-0.4, -0.2) is 28.0 Å². The molecule has 7 nitrogen and oxygen atoms in total. The van der Waals surface area contributed by atoms with Gasteiger partial charge < -0.3 is 10.1 Å².